The summed E-state index contributed by atoms with van der Waals surface area (Å²) in [4.78, 5) is 31.3. The van der Waals surface area contributed by atoms with Crippen molar-refractivity contribution in [2.45, 2.75) is 32.2 Å². The largest absolute Gasteiger partial charge is 0.366 e. The number of carbonyl (C=O) groups excluding carboxylic acids is 1. The van der Waals surface area contributed by atoms with E-state index in [-0.39, 0.29) is 12.1 Å². The topological polar surface area (TPSA) is 67.8 Å². The summed E-state index contributed by atoms with van der Waals surface area (Å²) in [5.41, 5.74) is 1.80. The fourth-order valence-corrected chi connectivity index (χ4v) is 4.96. The van der Waals surface area contributed by atoms with Crippen LogP contribution in [0.25, 0.3) is 0 Å². The molecule has 0 spiro atoms. The van der Waals surface area contributed by atoms with Crippen LogP contribution in [0.5, 0.6) is 0 Å². The van der Waals surface area contributed by atoms with Gasteiger partial charge in [-0.3, -0.25) is 4.90 Å². The molecule has 2 saturated heterocycles. The Morgan fingerprint density at radius 2 is 2.00 bits per heavy atom. The van der Waals surface area contributed by atoms with Gasteiger partial charge in [-0.05, 0) is 43.4 Å². The van der Waals surface area contributed by atoms with Gasteiger partial charge in [-0.15, -0.1) is 0 Å². The summed E-state index contributed by atoms with van der Waals surface area (Å²) in [6, 6.07) is 8.01. The third kappa shape index (κ3) is 3.75. The van der Waals surface area contributed by atoms with Gasteiger partial charge in [0.1, 0.15) is 11.6 Å². The van der Waals surface area contributed by atoms with E-state index < -0.39 is 0 Å². The van der Waals surface area contributed by atoms with Crippen molar-refractivity contribution < 1.29 is 4.79 Å². The summed E-state index contributed by atoms with van der Waals surface area (Å²) in [6.07, 6.45) is 5.14. The molecule has 2 aromatic rings. The monoisotopic (exact) mass is 421 g/mol. The molecule has 2 aromatic heterocycles. The maximum atomic E-state index is 13.4. The number of carbonyl (C=O) groups is 1. The lowest BCUT2D eigenvalue weighted by molar-refractivity contribution is 0.255. The zero-order valence-corrected chi connectivity index (χ0v) is 18.6. The van der Waals surface area contributed by atoms with Crippen molar-refractivity contribution in [1.82, 2.24) is 9.97 Å². The summed E-state index contributed by atoms with van der Waals surface area (Å²) in [5.74, 6) is 3.24. The van der Waals surface area contributed by atoms with Gasteiger partial charge in [0.05, 0.1) is 11.7 Å². The van der Waals surface area contributed by atoms with Crippen LogP contribution in [0.3, 0.4) is 0 Å². The van der Waals surface area contributed by atoms with E-state index in [1.807, 2.05) is 36.0 Å². The van der Waals surface area contributed by atoms with Crippen molar-refractivity contribution >= 4 is 34.9 Å². The van der Waals surface area contributed by atoms with Crippen LogP contribution in [0.4, 0.5) is 33.6 Å². The first kappa shape index (κ1) is 19.9. The highest BCUT2D eigenvalue weighted by Crippen LogP contribution is 2.40. The van der Waals surface area contributed by atoms with Crippen molar-refractivity contribution in [2.75, 3.05) is 65.2 Å². The van der Waals surface area contributed by atoms with E-state index in [9.17, 15) is 4.79 Å². The zero-order chi connectivity index (χ0) is 21.5. The number of nitrogens with zero attached hydrogens (tertiary/aromatic N) is 6. The van der Waals surface area contributed by atoms with Gasteiger partial charge in [0.25, 0.3) is 0 Å². The number of rotatable bonds is 3. The molecule has 2 atom stereocenters. The number of anilines is 5. The third-order valence-corrected chi connectivity index (χ3v) is 6.59. The Bertz CT molecular complexity index is 978. The minimum Gasteiger partial charge on any atom is -0.366 e. The normalized spacial score (nSPS) is 22.4. The standard InChI is InChI=1S/C23H31N7O/c1-16-5-4-11-29(14-16)20-7-6-19-22(26-20)30(18-9-12-28(19)15-18)23(31)25-17-8-10-24-21(13-17)27(2)3/h6-8,10,13,16,18H,4-5,9,11-12,14-15H2,1-3H3,(H,24,25,31)/t16?,18-/m0/s1. The Hall–Kier alpha value is -3.03. The van der Waals surface area contributed by atoms with E-state index in [0.29, 0.717) is 5.92 Å². The zero-order valence-electron chi connectivity index (χ0n) is 18.6. The summed E-state index contributed by atoms with van der Waals surface area (Å²) in [5, 5.41) is 3.08. The van der Waals surface area contributed by atoms with Crippen molar-refractivity contribution in [3.05, 3.63) is 30.5 Å². The molecule has 1 N–H and O–H groups in total. The predicted octanol–water partition coefficient (Wildman–Crippen LogP) is 3.41. The van der Waals surface area contributed by atoms with Crippen LogP contribution in [0.15, 0.2) is 30.5 Å². The molecular weight excluding hydrogens is 390 g/mol. The summed E-state index contributed by atoms with van der Waals surface area (Å²) in [6.45, 7) is 6.17. The molecule has 2 fully saturated rings. The Morgan fingerprint density at radius 1 is 1.13 bits per heavy atom. The minimum atomic E-state index is -0.125. The summed E-state index contributed by atoms with van der Waals surface area (Å²) < 4.78 is 0. The molecule has 0 aromatic carbocycles. The molecule has 8 nitrogen and oxygen atoms in total. The molecule has 1 unspecified atom stereocenters. The van der Waals surface area contributed by atoms with Gasteiger partial charge >= 0.3 is 6.03 Å². The van der Waals surface area contributed by atoms with Crippen LogP contribution in [0.1, 0.15) is 26.2 Å². The first-order chi connectivity index (χ1) is 15.0. The smallest absolute Gasteiger partial charge is 0.327 e. The molecule has 5 heterocycles. The average Bonchev–Trinajstić information content (AvgIpc) is 3.18. The van der Waals surface area contributed by atoms with E-state index in [1.54, 1.807) is 6.20 Å². The number of aromatic nitrogens is 2. The van der Waals surface area contributed by atoms with Gasteiger partial charge in [0.2, 0.25) is 0 Å². The van der Waals surface area contributed by atoms with Gasteiger partial charge in [-0.25, -0.2) is 14.8 Å². The van der Waals surface area contributed by atoms with Crippen molar-refractivity contribution in [3.63, 3.8) is 0 Å². The van der Waals surface area contributed by atoms with Crippen molar-refractivity contribution in [1.29, 1.82) is 0 Å². The quantitative estimate of drug-likeness (QED) is 0.819. The number of piperidine rings is 1. The molecule has 0 aliphatic carbocycles. The molecule has 164 valence electrons. The Labute approximate surface area is 183 Å². The molecule has 2 amide bonds. The lowest BCUT2D eigenvalue weighted by atomic mass is 10.0. The molecule has 31 heavy (non-hydrogen) atoms. The van der Waals surface area contributed by atoms with E-state index >= 15 is 0 Å². The Balaban J connectivity index is 1.45. The highest BCUT2D eigenvalue weighted by Gasteiger charge is 2.40. The number of amides is 2. The van der Waals surface area contributed by atoms with Gasteiger partial charge in [-0.1, -0.05) is 6.92 Å². The molecule has 2 bridgehead atoms. The molecule has 3 aliphatic heterocycles. The highest BCUT2D eigenvalue weighted by atomic mass is 16.2. The van der Waals surface area contributed by atoms with Crippen LogP contribution in [0, 0.1) is 5.92 Å². The minimum absolute atomic E-state index is 0.125. The first-order valence-electron chi connectivity index (χ1n) is 11.2. The number of pyridine rings is 2. The molecule has 3 aliphatic rings. The molecule has 0 radical (unpaired) electrons. The molecular formula is C23H31N7O. The van der Waals surface area contributed by atoms with Crippen LogP contribution in [0.2, 0.25) is 0 Å². The summed E-state index contributed by atoms with van der Waals surface area (Å²) >= 11 is 0. The highest BCUT2D eigenvalue weighted by molar-refractivity contribution is 6.04. The van der Waals surface area contributed by atoms with Gasteiger partial charge in [0, 0.05) is 58.2 Å². The fourth-order valence-electron chi connectivity index (χ4n) is 4.96. The number of fused-ring (bicyclic) bond motifs is 4. The lowest BCUT2D eigenvalue weighted by Crippen LogP contribution is -2.48. The van der Waals surface area contributed by atoms with Crippen LogP contribution in [-0.2, 0) is 0 Å². The maximum absolute atomic E-state index is 13.4. The van der Waals surface area contributed by atoms with Crippen molar-refractivity contribution in [2.24, 2.45) is 5.92 Å². The summed E-state index contributed by atoms with van der Waals surface area (Å²) in [7, 11) is 3.88. The van der Waals surface area contributed by atoms with Crippen LogP contribution in [-0.4, -0.2) is 62.3 Å². The van der Waals surface area contributed by atoms with Gasteiger partial charge in [-0.2, -0.15) is 0 Å². The number of hydrogen-bond donors (Lipinski definition) is 1. The van der Waals surface area contributed by atoms with Crippen molar-refractivity contribution in [3.8, 4) is 0 Å². The predicted molar refractivity (Wildman–Crippen MR) is 126 cm³/mol. The van der Waals surface area contributed by atoms with Gasteiger partial charge in [0.15, 0.2) is 5.82 Å². The van der Waals surface area contributed by atoms with Crippen LogP contribution < -0.4 is 24.9 Å². The van der Waals surface area contributed by atoms with E-state index in [2.05, 4.69) is 39.2 Å². The van der Waals surface area contributed by atoms with E-state index in [4.69, 9.17) is 4.98 Å². The molecule has 0 saturated carbocycles. The second-order valence-electron chi connectivity index (χ2n) is 9.19. The average molecular weight is 422 g/mol. The molecule has 5 rings (SSSR count). The first-order valence-corrected chi connectivity index (χ1v) is 11.2. The second-order valence-corrected chi connectivity index (χ2v) is 9.19. The lowest BCUT2D eigenvalue weighted by Gasteiger charge is -2.37. The number of urea groups is 1. The van der Waals surface area contributed by atoms with E-state index in [1.165, 1.54) is 12.8 Å². The number of nitrogens with one attached hydrogen (secondary N) is 1. The maximum Gasteiger partial charge on any atom is 0.327 e. The Kier molecular flexibility index (Phi) is 5.08. The van der Waals surface area contributed by atoms with E-state index in [0.717, 1.165) is 61.4 Å². The van der Waals surface area contributed by atoms with Gasteiger partial charge < -0.3 is 20.0 Å². The Morgan fingerprint density at radius 3 is 2.81 bits per heavy atom. The SMILES string of the molecule is CC1CCCN(c2ccc3c(n2)N(C(=O)Nc2ccnc(N(C)C)c2)[C@H]2CCN3C2)C1. The molecule has 8 heteroatoms. The fraction of sp³-hybridized carbons (Fsp3) is 0.522. The third-order valence-electron chi connectivity index (χ3n) is 6.59. The van der Waals surface area contributed by atoms with Crippen LogP contribution >= 0.6 is 0 Å². The second kappa shape index (κ2) is 7.90. The number of hydrogen-bond acceptors (Lipinski definition) is 6.